The Morgan fingerprint density at radius 1 is 1.19 bits per heavy atom. The molecule has 1 fully saturated rings. The average Bonchev–Trinajstić information content (AvgIpc) is 2.68. The molecule has 1 unspecified atom stereocenters. The summed E-state index contributed by atoms with van der Waals surface area (Å²) in [6.45, 7) is 4.69. The standard InChI is InChI=1S/C21H25N3O2/c1-3-19-9-4-5-12-24(19)20-14-17(10-11-22-20)21(26)23-18-8-6-7-16(13-18)15(2)25/h6-8,10-11,13-14,19H,3-5,9,12H2,1-2H3,(H,23,26). The molecular formula is C21H25N3O2. The highest BCUT2D eigenvalue weighted by molar-refractivity contribution is 6.05. The van der Waals surface area contributed by atoms with Crippen molar-refractivity contribution >= 4 is 23.2 Å². The molecular weight excluding hydrogens is 326 g/mol. The van der Waals surface area contributed by atoms with Gasteiger partial charge in [-0.3, -0.25) is 9.59 Å². The molecule has 0 spiro atoms. The van der Waals surface area contributed by atoms with Gasteiger partial charge in [0.1, 0.15) is 5.82 Å². The van der Waals surface area contributed by atoms with Gasteiger partial charge >= 0.3 is 0 Å². The monoisotopic (exact) mass is 351 g/mol. The summed E-state index contributed by atoms with van der Waals surface area (Å²) in [5, 5.41) is 2.87. The van der Waals surface area contributed by atoms with E-state index in [1.165, 1.54) is 19.8 Å². The first-order valence-corrected chi connectivity index (χ1v) is 9.23. The van der Waals surface area contributed by atoms with Crippen molar-refractivity contribution in [3.05, 3.63) is 53.7 Å². The number of Topliss-reactive ketones (excluding diaryl/α,β-unsaturated/α-hetero) is 1. The fourth-order valence-electron chi connectivity index (χ4n) is 3.46. The summed E-state index contributed by atoms with van der Waals surface area (Å²) in [6.07, 6.45) is 6.36. The normalized spacial score (nSPS) is 17.0. The zero-order valence-corrected chi connectivity index (χ0v) is 15.4. The van der Waals surface area contributed by atoms with E-state index in [2.05, 4.69) is 22.1 Å². The topological polar surface area (TPSA) is 62.3 Å². The van der Waals surface area contributed by atoms with Crippen LogP contribution in [0.1, 0.15) is 60.2 Å². The quantitative estimate of drug-likeness (QED) is 0.816. The van der Waals surface area contributed by atoms with Crippen molar-refractivity contribution in [2.75, 3.05) is 16.8 Å². The van der Waals surface area contributed by atoms with Crippen LogP contribution in [0.2, 0.25) is 0 Å². The van der Waals surface area contributed by atoms with Crippen LogP contribution < -0.4 is 10.2 Å². The number of hydrogen-bond acceptors (Lipinski definition) is 4. The van der Waals surface area contributed by atoms with Crippen molar-refractivity contribution in [2.45, 2.75) is 45.6 Å². The molecule has 1 aliphatic heterocycles. The predicted octanol–water partition coefficient (Wildman–Crippen LogP) is 4.31. The van der Waals surface area contributed by atoms with Gasteiger partial charge in [0.2, 0.25) is 0 Å². The molecule has 2 aromatic rings. The summed E-state index contributed by atoms with van der Waals surface area (Å²) < 4.78 is 0. The van der Waals surface area contributed by atoms with Crippen LogP contribution >= 0.6 is 0 Å². The van der Waals surface area contributed by atoms with Crippen LogP contribution in [0.15, 0.2) is 42.6 Å². The van der Waals surface area contributed by atoms with Gasteiger partial charge in [0, 0.05) is 35.6 Å². The van der Waals surface area contributed by atoms with Crippen molar-refractivity contribution in [1.29, 1.82) is 0 Å². The lowest BCUT2D eigenvalue weighted by Gasteiger charge is -2.36. The van der Waals surface area contributed by atoms with E-state index in [0.29, 0.717) is 22.9 Å². The van der Waals surface area contributed by atoms with E-state index in [4.69, 9.17) is 0 Å². The summed E-state index contributed by atoms with van der Waals surface area (Å²) in [5.74, 6) is 0.643. The molecule has 1 aliphatic rings. The van der Waals surface area contributed by atoms with Gasteiger partial charge in [-0.1, -0.05) is 19.1 Å². The first-order chi connectivity index (χ1) is 12.6. The Kier molecular flexibility index (Phi) is 5.66. The maximum absolute atomic E-state index is 12.6. The Labute approximate surface area is 154 Å². The maximum atomic E-state index is 12.6. The Balaban J connectivity index is 1.78. The van der Waals surface area contributed by atoms with Gasteiger partial charge in [0.05, 0.1) is 0 Å². The number of aromatic nitrogens is 1. The second-order valence-electron chi connectivity index (χ2n) is 6.75. The summed E-state index contributed by atoms with van der Waals surface area (Å²) in [7, 11) is 0. The minimum atomic E-state index is -0.195. The van der Waals surface area contributed by atoms with E-state index >= 15 is 0 Å². The number of amides is 1. The fourth-order valence-corrected chi connectivity index (χ4v) is 3.46. The first kappa shape index (κ1) is 18.1. The Hall–Kier alpha value is -2.69. The summed E-state index contributed by atoms with van der Waals surface area (Å²) in [5.41, 5.74) is 1.77. The van der Waals surface area contributed by atoms with Crippen LogP contribution in [0, 0.1) is 0 Å². The van der Waals surface area contributed by atoms with Crippen molar-refractivity contribution in [3.8, 4) is 0 Å². The highest BCUT2D eigenvalue weighted by atomic mass is 16.1. The van der Waals surface area contributed by atoms with Crippen LogP contribution in [0.3, 0.4) is 0 Å². The number of nitrogens with one attached hydrogen (secondary N) is 1. The zero-order chi connectivity index (χ0) is 18.5. The van der Waals surface area contributed by atoms with Crippen molar-refractivity contribution in [2.24, 2.45) is 0 Å². The molecule has 1 saturated heterocycles. The smallest absolute Gasteiger partial charge is 0.255 e. The molecule has 2 heterocycles. The molecule has 26 heavy (non-hydrogen) atoms. The summed E-state index contributed by atoms with van der Waals surface area (Å²) >= 11 is 0. The number of piperidine rings is 1. The highest BCUT2D eigenvalue weighted by Crippen LogP contribution is 2.25. The van der Waals surface area contributed by atoms with Crippen molar-refractivity contribution in [3.63, 3.8) is 0 Å². The molecule has 5 nitrogen and oxygen atoms in total. The number of anilines is 2. The third kappa shape index (κ3) is 4.10. The molecule has 136 valence electrons. The number of hydrogen-bond donors (Lipinski definition) is 1. The number of carbonyl (C=O) groups excluding carboxylic acids is 2. The Morgan fingerprint density at radius 2 is 2.04 bits per heavy atom. The van der Waals surface area contributed by atoms with E-state index < -0.39 is 0 Å². The first-order valence-electron chi connectivity index (χ1n) is 9.23. The van der Waals surface area contributed by atoms with Crippen LogP contribution in [-0.4, -0.2) is 29.3 Å². The maximum Gasteiger partial charge on any atom is 0.255 e. The molecule has 1 aromatic carbocycles. The lowest BCUT2D eigenvalue weighted by Crippen LogP contribution is -2.39. The fraction of sp³-hybridized carbons (Fsp3) is 0.381. The van der Waals surface area contributed by atoms with Crippen molar-refractivity contribution in [1.82, 2.24) is 4.98 Å². The van der Waals surface area contributed by atoms with E-state index in [1.54, 1.807) is 36.5 Å². The molecule has 5 heteroatoms. The second-order valence-corrected chi connectivity index (χ2v) is 6.75. The van der Waals surface area contributed by atoms with E-state index in [9.17, 15) is 9.59 Å². The molecule has 1 amide bonds. The van der Waals surface area contributed by atoms with Crippen LogP contribution in [0.5, 0.6) is 0 Å². The minimum absolute atomic E-state index is 0.0250. The van der Waals surface area contributed by atoms with E-state index in [-0.39, 0.29) is 11.7 Å². The van der Waals surface area contributed by atoms with Crippen LogP contribution in [0.4, 0.5) is 11.5 Å². The second kappa shape index (κ2) is 8.13. The number of rotatable bonds is 5. The number of nitrogens with zero attached hydrogens (tertiary/aromatic N) is 2. The predicted molar refractivity (Wildman–Crippen MR) is 104 cm³/mol. The third-order valence-corrected chi connectivity index (χ3v) is 4.93. The molecule has 1 N–H and O–H groups in total. The molecule has 0 aliphatic carbocycles. The zero-order valence-electron chi connectivity index (χ0n) is 15.4. The average molecular weight is 351 g/mol. The van der Waals surface area contributed by atoms with Gasteiger partial charge in [-0.15, -0.1) is 0 Å². The highest BCUT2D eigenvalue weighted by Gasteiger charge is 2.22. The minimum Gasteiger partial charge on any atom is -0.354 e. The molecule has 3 rings (SSSR count). The van der Waals surface area contributed by atoms with Gasteiger partial charge < -0.3 is 10.2 Å². The number of pyridine rings is 1. The van der Waals surface area contributed by atoms with Crippen LogP contribution in [-0.2, 0) is 0 Å². The third-order valence-electron chi connectivity index (χ3n) is 4.93. The SMILES string of the molecule is CCC1CCCCN1c1cc(C(=O)Nc2cccc(C(C)=O)c2)ccn1. The van der Waals surface area contributed by atoms with Gasteiger partial charge in [-0.25, -0.2) is 4.98 Å². The molecule has 0 saturated carbocycles. The van der Waals surface area contributed by atoms with Gasteiger partial charge in [0.15, 0.2) is 5.78 Å². The van der Waals surface area contributed by atoms with Gasteiger partial charge in [-0.2, -0.15) is 0 Å². The number of benzene rings is 1. The number of carbonyl (C=O) groups is 2. The van der Waals surface area contributed by atoms with E-state index in [1.807, 2.05) is 6.07 Å². The summed E-state index contributed by atoms with van der Waals surface area (Å²) in [6, 6.07) is 11.1. The molecule has 0 radical (unpaired) electrons. The lowest BCUT2D eigenvalue weighted by molar-refractivity contribution is 0.101. The summed E-state index contributed by atoms with van der Waals surface area (Å²) in [4.78, 5) is 31.0. The number of ketones is 1. The van der Waals surface area contributed by atoms with Crippen LogP contribution in [0.25, 0.3) is 0 Å². The lowest BCUT2D eigenvalue weighted by atomic mass is 10.00. The Bertz CT molecular complexity index is 803. The molecule has 0 bridgehead atoms. The van der Waals surface area contributed by atoms with Gasteiger partial charge in [0.25, 0.3) is 5.91 Å². The van der Waals surface area contributed by atoms with Gasteiger partial charge in [-0.05, 0) is 56.9 Å². The Morgan fingerprint density at radius 3 is 2.81 bits per heavy atom. The molecule has 1 aromatic heterocycles. The van der Waals surface area contributed by atoms with E-state index in [0.717, 1.165) is 25.2 Å². The van der Waals surface area contributed by atoms with Crippen molar-refractivity contribution < 1.29 is 9.59 Å². The largest absolute Gasteiger partial charge is 0.354 e. The molecule has 1 atom stereocenters.